The van der Waals surface area contributed by atoms with Gasteiger partial charge in [-0.05, 0) is 48.5 Å². The topological polar surface area (TPSA) is 61.7 Å². The molecule has 0 saturated heterocycles. The van der Waals surface area contributed by atoms with Crippen LogP contribution in [-0.2, 0) is 0 Å². The molecular formula is C45H27N5O. The molecule has 0 saturated carbocycles. The van der Waals surface area contributed by atoms with Gasteiger partial charge in [0.25, 0.3) is 0 Å². The van der Waals surface area contributed by atoms with Crippen LogP contribution < -0.4 is 0 Å². The average molecular weight is 654 g/mol. The molecule has 0 aliphatic rings. The van der Waals surface area contributed by atoms with Crippen molar-refractivity contribution in [3.63, 3.8) is 0 Å². The Morgan fingerprint density at radius 3 is 1.71 bits per heavy atom. The predicted octanol–water partition coefficient (Wildman–Crippen LogP) is 11.3. The summed E-state index contributed by atoms with van der Waals surface area (Å²) in [5.74, 6) is 1.82. The van der Waals surface area contributed by atoms with Gasteiger partial charge in [-0.3, -0.25) is 4.57 Å². The van der Waals surface area contributed by atoms with Gasteiger partial charge >= 0.3 is 0 Å². The zero-order valence-electron chi connectivity index (χ0n) is 27.2. The molecule has 4 heterocycles. The summed E-state index contributed by atoms with van der Waals surface area (Å²) < 4.78 is 11.0. The summed E-state index contributed by atoms with van der Waals surface area (Å²) in [5, 5.41) is 6.82. The smallest absolute Gasteiger partial charge is 0.238 e. The van der Waals surface area contributed by atoms with Crippen molar-refractivity contribution in [2.75, 3.05) is 0 Å². The van der Waals surface area contributed by atoms with Gasteiger partial charge in [-0.2, -0.15) is 9.97 Å². The second kappa shape index (κ2) is 10.7. The van der Waals surface area contributed by atoms with Gasteiger partial charge in [-0.15, -0.1) is 0 Å². The fourth-order valence-corrected chi connectivity index (χ4v) is 7.75. The summed E-state index contributed by atoms with van der Waals surface area (Å²) in [6, 6.07) is 56.6. The molecule has 0 atom stereocenters. The van der Waals surface area contributed by atoms with Crippen molar-refractivity contribution in [2.45, 2.75) is 0 Å². The molecule has 7 aromatic carbocycles. The van der Waals surface area contributed by atoms with E-state index >= 15 is 0 Å². The lowest BCUT2D eigenvalue weighted by atomic mass is 10.0. The highest BCUT2D eigenvalue weighted by atomic mass is 16.3. The Kier molecular flexibility index (Phi) is 5.86. The van der Waals surface area contributed by atoms with Crippen LogP contribution in [0.5, 0.6) is 0 Å². The van der Waals surface area contributed by atoms with Crippen molar-refractivity contribution in [3.8, 4) is 34.4 Å². The lowest BCUT2D eigenvalue weighted by Gasteiger charge is -2.11. The van der Waals surface area contributed by atoms with Crippen LogP contribution in [0, 0.1) is 0 Å². The van der Waals surface area contributed by atoms with Crippen molar-refractivity contribution in [3.05, 3.63) is 164 Å². The van der Waals surface area contributed by atoms with E-state index in [1.165, 1.54) is 5.39 Å². The highest BCUT2D eigenvalue weighted by Gasteiger charge is 2.23. The SMILES string of the molecule is c1ccc(-c2nc(-c3ccccc3)nc(-n3c4ccccc4c4cc5c6c7c(ccc6n(-c6ccccc6)c5cc43)oc3ccccc37)n2)cc1. The zero-order chi connectivity index (χ0) is 33.5. The quantitative estimate of drug-likeness (QED) is 0.190. The number of hydrogen-bond donors (Lipinski definition) is 0. The van der Waals surface area contributed by atoms with Gasteiger partial charge in [0.1, 0.15) is 11.2 Å². The average Bonchev–Trinajstić information content (AvgIpc) is 3.85. The summed E-state index contributed by atoms with van der Waals surface area (Å²) in [4.78, 5) is 15.3. The van der Waals surface area contributed by atoms with E-state index in [-0.39, 0.29) is 0 Å². The number of aromatic nitrogens is 5. The molecule has 0 amide bonds. The molecule has 6 nitrogen and oxygen atoms in total. The van der Waals surface area contributed by atoms with Crippen molar-refractivity contribution >= 4 is 65.6 Å². The minimum atomic E-state index is 0.568. The molecule has 0 spiro atoms. The molecule has 0 N–H and O–H groups in total. The lowest BCUT2D eigenvalue weighted by Crippen LogP contribution is -2.06. The maximum absolute atomic E-state index is 6.40. The first kappa shape index (κ1) is 27.9. The maximum atomic E-state index is 6.40. The molecule has 51 heavy (non-hydrogen) atoms. The second-order valence-corrected chi connectivity index (χ2v) is 12.9. The predicted molar refractivity (Wildman–Crippen MR) is 207 cm³/mol. The number of nitrogens with zero attached hydrogens (tertiary/aromatic N) is 5. The van der Waals surface area contributed by atoms with Gasteiger partial charge in [0.05, 0.1) is 22.1 Å². The Balaban J connectivity index is 1.30. The standard InChI is InChI=1S/C45H27N5O/c1-4-14-28(15-5-1)43-46-44(29-16-6-2-7-17-29)48-45(47-43)50-35-22-12-10-20-31(35)33-26-34-38(27-37(33)50)49(30-18-8-3-9-19-30)36-24-25-40-42(41(34)36)32-21-11-13-23-39(32)51-40/h1-27H. The van der Waals surface area contributed by atoms with Crippen LogP contribution in [0.1, 0.15) is 0 Å². The molecule has 0 unspecified atom stereocenters. The summed E-state index contributed by atoms with van der Waals surface area (Å²) in [7, 11) is 0. The van der Waals surface area contributed by atoms with Crippen LogP contribution in [-0.4, -0.2) is 24.1 Å². The molecule has 4 aromatic heterocycles. The Morgan fingerprint density at radius 2 is 0.980 bits per heavy atom. The van der Waals surface area contributed by atoms with Crippen LogP contribution in [0.25, 0.3) is 100.0 Å². The maximum Gasteiger partial charge on any atom is 0.238 e. The summed E-state index contributed by atoms with van der Waals surface area (Å²) in [5.41, 5.74) is 8.97. The number of fused-ring (bicyclic) bond motifs is 10. The monoisotopic (exact) mass is 653 g/mol. The lowest BCUT2D eigenvalue weighted by molar-refractivity contribution is 0.669. The fourth-order valence-electron chi connectivity index (χ4n) is 7.75. The van der Waals surface area contributed by atoms with Crippen molar-refractivity contribution < 1.29 is 4.42 Å². The van der Waals surface area contributed by atoms with Gasteiger partial charge in [0.2, 0.25) is 5.95 Å². The Hall–Kier alpha value is -7.05. The largest absolute Gasteiger partial charge is 0.456 e. The van der Waals surface area contributed by atoms with Crippen LogP contribution in [0.3, 0.4) is 0 Å². The minimum Gasteiger partial charge on any atom is -0.456 e. The molecule has 0 radical (unpaired) electrons. The molecule has 0 aliphatic heterocycles. The second-order valence-electron chi connectivity index (χ2n) is 12.9. The normalized spacial score (nSPS) is 11.9. The Bertz CT molecular complexity index is 3060. The molecule has 0 fully saturated rings. The van der Waals surface area contributed by atoms with E-state index in [0.29, 0.717) is 17.6 Å². The summed E-state index contributed by atoms with van der Waals surface area (Å²) in [6.45, 7) is 0. The number of rotatable bonds is 4. The fraction of sp³-hybridized carbons (Fsp3) is 0. The van der Waals surface area contributed by atoms with E-state index in [1.54, 1.807) is 0 Å². The van der Waals surface area contributed by atoms with E-state index in [9.17, 15) is 0 Å². The van der Waals surface area contributed by atoms with Crippen molar-refractivity contribution in [1.29, 1.82) is 0 Å². The summed E-state index contributed by atoms with van der Waals surface area (Å²) >= 11 is 0. The Morgan fingerprint density at radius 1 is 0.373 bits per heavy atom. The van der Waals surface area contributed by atoms with Crippen molar-refractivity contribution in [1.82, 2.24) is 24.1 Å². The minimum absolute atomic E-state index is 0.568. The van der Waals surface area contributed by atoms with Gasteiger partial charge in [0.15, 0.2) is 11.6 Å². The van der Waals surface area contributed by atoms with E-state index in [2.05, 4.69) is 100 Å². The van der Waals surface area contributed by atoms with E-state index in [4.69, 9.17) is 19.4 Å². The number of hydrogen-bond acceptors (Lipinski definition) is 4. The first-order valence-corrected chi connectivity index (χ1v) is 17.0. The highest BCUT2D eigenvalue weighted by molar-refractivity contribution is 6.29. The van der Waals surface area contributed by atoms with Crippen LogP contribution in [0.4, 0.5) is 0 Å². The molecule has 0 bridgehead atoms. The number of furan rings is 1. The molecule has 11 aromatic rings. The molecule has 238 valence electrons. The number of benzene rings is 7. The molecular weight excluding hydrogens is 627 g/mol. The summed E-state index contributed by atoms with van der Waals surface area (Å²) in [6.07, 6.45) is 0. The van der Waals surface area contributed by atoms with Crippen LogP contribution in [0.15, 0.2) is 168 Å². The van der Waals surface area contributed by atoms with Gasteiger partial charge in [-0.25, -0.2) is 4.98 Å². The first-order valence-electron chi connectivity index (χ1n) is 17.0. The molecule has 6 heteroatoms. The van der Waals surface area contributed by atoms with E-state index < -0.39 is 0 Å². The van der Waals surface area contributed by atoms with E-state index in [1.807, 2.05) is 72.8 Å². The zero-order valence-corrected chi connectivity index (χ0v) is 27.2. The first-order chi connectivity index (χ1) is 25.3. The molecule has 0 aliphatic carbocycles. The third-order valence-electron chi connectivity index (χ3n) is 9.96. The number of para-hydroxylation sites is 3. The van der Waals surface area contributed by atoms with Gasteiger partial charge in [-0.1, -0.05) is 115 Å². The van der Waals surface area contributed by atoms with Gasteiger partial charge < -0.3 is 8.98 Å². The van der Waals surface area contributed by atoms with Crippen molar-refractivity contribution in [2.24, 2.45) is 0 Å². The third-order valence-corrected chi connectivity index (χ3v) is 9.96. The van der Waals surface area contributed by atoms with Crippen LogP contribution in [0.2, 0.25) is 0 Å². The molecule has 11 rings (SSSR count). The van der Waals surface area contributed by atoms with Crippen LogP contribution >= 0.6 is 0 Å². The van der Waals surface area contributed by atoms with Gasteiger partial charge in [0, 0.05) is 49.1 Å². The third kappa shape index (κ3) is 4.14. The van der Waals surface area contributed by atoms with E-state index in [0.717, 1.165) is 77.0 Å². The highest BCUT2D eigenvalue weighted by Crippen LogP contribution is 2.44. The Labute approximate surface area is 291 Å².